The van der Waals surface area contributed by atoms with Crippen LogP contribution in [-0.4, -0.2) is 45.8 Å². The fourth-order valence-corrected chi connectivity index (χ4v) is 6.64. The number of carbonyl (C=O) groups excluding carboxylic acids is 1. The normalized spacial score (nSPS) is 24.7. The number of hydrogen-bond donors (Lipinski definition) is 1. The molecule has 0 radical (unpaired) electrons. The number of thiazole rings is 1. The summed E-state index contributed by atoms with van der Waals surface area (Å²) in [6, 6.07) is 2.89. The maximum Gasteiger partial charge on any atom is 0.281 e. The molecule has 1 N–H and O–H groups in total. The number of carbonyl (C=O) groups is 1. The summed E-state index contributed by atoms with van der Waals surface area (Å²) in [5.41, 5.74) is 0.544. The van der Waals surface area contributed by atoms with Crippen molar-refractivity contribution in [3.05, 3.63) is 45.2 Å². The van der Waals surface area contributed by atoms with Gasteiger partial charge in [-0.3, -0.25) is 14.7 Å². The van der Waals surface area contributed by atoms with Crippen LogP contribution < -0.4 is 5.32 Å². The third-order valence-corrected chi connectivity index (χ3v) is 8.91. The van der Waals surface area contributed by atoms with Crippen LogP contribution in [0.1, 0.15) is 88.9 Å². The first-order valence-electron chi connectivity index (χ1n) is 12.4. The predicted octanol–water partition coefficient (Wildman–Crippen LogP) is 5.73. The Morgan fingerprint density at radius 1 is 1.23 bits per heavy atom. The van der Waals surface area contributed by atoms with Crippen LogP contribution in [0.2, 0.25) is 0 Å². The zero-order chi connectivity index (χ0) is 24.6. The van der Waals surface area contributed by atoms with E-state index in [4.69, 9.17) is 4.98 Å². The van der Waals surface area contributed by atoms with Crippen molar-refractivity contribution in [3.8, 4) is 0 Å². The highest BCUT2D eigenvalue weighted by Crippen LogP contribution is 2.49. The lowest BCUT2D eigenvalue weighted by Gasteiger charge is -2.33. The molecule has 0 bridgehead atoms. The first kappa shape index (κ1) is 24.6. The molecular formula is C25H30F4N4OS. The topological polar surface area (TPSA) is 58.1 Å². The van der Waals surface area contributed by atoms with Crippen LogP contribution in [-0.2, 0) is 13.0 Å². The predicted molar refractivity (Wildman–Crippen MR) is 125 cm³/mol. The molecule has 10 heteroatoms. The summed E-state index contributed by atoms with van der Waals surface area (Å²) in [5.74, 6) is -2.50. The number of pyridine rings is 1. The number of nitrogens with one attached hydrogen (secondary N) is 1. The summed E-state index contributed by atoms with van der Waals surface area (Å²) in [5, 5.41) is 3.80. The van der Waals surface area contributed by atoms with Gasteiger partial charge < -0.3 is 5.32 Å². The van der Waals surface area contributed by atoms with E-state index in [-0.39, 0.29) is 30.4 Å². The summed E-state index contributed by atoms with van der Waals surface area (Å²) in [4.78, 5) is 24.6. The third kappa shape index (κ3) is 5.69. The van der Waals surface area contributed by atoms with E-state index < -0.39 is 23.9 Å². The lowest BCUT2D eigenvalue weighted by Crippen LogP contribution is -2.39. The van der Waals surface area contributed by atoms with E-state index in [0.717, 1.165) is 68.9 Å². The molecule has 0 saturated heterocycles. The molecule has 190 valence electrons. The second-order valence-corrected chi connectivity index (χ2v) is 11.2. The standard InChI is InChI=1S/C25H30F4N4OS/c26-22(27)21-18(2-1-9-30-21)23(34)31-17-5-3-15(4-6-17)7-10-33-11-8-20-19(14-33)32-24(35-20)16-12-25(28,29)13-16/h1-2,9,15-17,22H,3-8,10-14H2,(H,31,34). The summed E-state index contributed by atoms with van der Waals surface area (Å²) < 4.78 is 52.7. The molecule has 2 saturated carbocycles. The van der Waals surface area contributed by atoms with E-state index in [0.29, 0.717) is 5.92 Å². The largest absolute Gasteiger partial charge is 0.349 e. The first-order valence-corrected chi connectivity index (χ1v) is 13.2. The van der Waals surface area contributed by atoms with Gasteiger partial charge in [0.15, 0.2) is 0 Å². The van der Waals surface area contributed by atoms with Gasteiger partial charge in [-0.05, 0) is 63.1 Å². The number of halogens is 4. The molecule has 0 aromatic carbocycles. The molecule has 2 aromatic heterocycles. The van der Waals surface area contributed by atoms with Crippen molar-refractivity contribution < 1.29 is 22.4 Å². The van der Waals surface area contributed by atoms with Crippen LogP contribution in [0.15, 0.2) is 18.3 Å². The van der Waals surface area contributed by atoms with Gasteiger partial charge in [-0.1, -0.05) is 0 Å². The number of alkyl halides is 4. The summed E-state index contributed by atoms with van der Waals surface area (Å²) in [6.07, 6.45) is 4.03. The van der Waals surface area contributed by atoms with Crippen LogP contribution in [0.25, 0.3) is 0 Å². The van der Waals surface area contributed by atoms with E-state index >= 15 is 0 Å². The van der Waals surface area contributed by atoms with E-state index in [1.54, 1.807) is 11.3 Å². The van der Waals surface area contributed by atoms with Crippen LogP contribution >= 0.6 is 11.3 Å². The van der Waals surface area contributed by atoms with Crippen molar-refractivity contribution >= 4 is 17.2 Å². The average Bonchev–Trinajstić information content (AvgIpc) is 3.25. The minimum atomic E-state index is -2.78. The lowest BCUT2D eigenvalue weighted by molar-refractivity contribution is -0.0868. The molecule has 1 amide bonds. The Balaban J connectivity index is 1.05. The highest BCUT2D eigenvalue weighted by atomic mass is 32.1. The molecule has 35 heavy (non-hydrogen) atoms. The molecule has 0 spiro atoms. The summed E-state index contributed by atoms with van der Waals surface area (Å²) >= 11 is 1.62. The highest BCUT2D eigenvalue weighted by Gasteiger charge is 2.47. The Bertz CT molecular complexity index is 1050. The van der Waals surface area contributed by atoms with Crippen molar-refractivity contribution in [2.45, 2.75) is 82.2 Å². The fourth-order valence-electron chi connectivity index (χ4n) is 5.48. The highest BCUT2D eigenvalue weighted by molar-refractivity contribution is 7.11. The molecule has 0 atom stereocenters. The van der Waals surface area contributed by atoms with E-state index in [1.165, 1.54) is 23.2 Å². The van der Waals surface area contributed by atoms with Gasteiger partial charge in [-0.2, -0.15) is 0 Å². The van der Waals surface area contributed by atoms with Gasteiger partial charge in [0.2, 0.25) is 5.92 Å². The number of fused-ring (bicyclic) bond motifs is 1. The van der Waals surface area contributed by atoms with Crippen molar-refractivity contribution in [3.63, 3.8) is 0 Å². The molecule has 1 aliphatic heterocycles. The molecular weight excluding hydrogens is 480 g/mol. The quantitative estimate of drug-likeness (QED) is 0.484. The Kier molecular flexibility index (Phi) is 7.12. The zero-order valence-corrected chi connectivity index (χ0v) is 20.3. The van der Waals surface area contributed by atoms with Gasteiger partial charge >= 0.3 is 0 Å². The monoisotopic (exact) mass is 510 g/mol. The summed E-state index contributed by atoms with van der Waals surface area (Å²) in [6.45, 7) is 2.74. The Morgan fingerprint density at radius 2 is 2.00 bits per heavy atom. The minimum absolute atomic E-state index is 0.00525. The molecule has 0 unspecified atom stereocenters. The SMILES string of the molecule is O=C(NC1CCC(CCN2CCc3sc(C4CC(F)(F)C4)nc3C2)CC1)c1cccnc1C(F)F. The molecule has 2 aromatic rings. The minimum Gasteiger partial charge on any atom is -0.349 e. The number of rotatable bonds is 7. The molecule has 2 aliphatic carbocycles. The summed E-state index contributed by atoms with van der Waals surface area (Å²) in [7, 11) is 0. The first-order chi connectivity index (χ1) is 16.8. The fraction of sp³-hybridized carbons (Fsp3) is 0.640. The van der Waals surface area contributed by atoms with Gasteiger partial charge in [-0.25, -0.2) is 22.5 Å². The molecule has 3 aliphatic rings. The van der Waals surface area contributed by atoms with Gasteiger partial charge in [0, 0.05) is 49.0 Å². The van der Waals surface area contributed by atoms with Crippen molar-refractivity contribution in [2.75, 3.05) is 13.1 Å². The number of amides is 1. The van der Waals surface area contributed by atoms with Crippen molar-refractivity contribution in [2.24, 2.45) is 5.92 Å². The van der Waals surface area contributed by atoms with Crippen molar-refractivity contribution in [1.82, 2.24) is 20.2 Å². The van der Waals surface area contributed by atoms with E-state index in [1.807, 2.05) is 0 Å². The second kappa shape index (κ2) is 10.1. The van der Waals surface area contributed by atoms with E-state index in [9.17, 15) is 22.4 Å². The Hall–Kier alpha value is -2.07. The average molecular weight is 511 g/mol. The molecule has 2 fully saturated rings. The molecule has 5 rings (SSSR count). The second-order valence-electron chi connectivity index (χ2n) is 10.1. The molecule has 5 nitrogen and oxygen atoms in total. The van der Waals surface area contributed by atoms with Crippen LogP contribution in [0.5, 0.6) is 0 Å². The number of nitrogens with zero attached hydrogens (tertiary/aromatic N) is 3. The number of aromatic nitrogens is 2. The Labute approximate surface area is 206 Å². The third-order valence-electron chi connectivity index (χ3n) is 7.59. The smallest absolute Gasteiger partial charge is 0.281 e. The van der Waals surface area contributed by atoms with Gasteiger partial charge in [0.1, 0.15) is 5.69 Å². The van der Waals surface area contributed by atoms with Crippen LogP contribution in [0, 0.1) is 5.92 Å². The number of hydrogen-bond acceptors (Lipinski definition) is 5. The van der Waals surface area contributed by atoms with Gasteiger partial charge in [0.25, 0.3) is 12.3 Å². The zero-order valence-electron chi connectivity index (χ0n) is 19.5. The maximum absolute atomic E-state index is 13.2. The van der Waals surface area contributed by atoms with Gasteiger partial charge in [-0.15, -0.1) is 11.3 Å². The van der Waals surface area contributed by atoms with Crippen molar-refractivity contribution in [1.29, 1.82) is 0 Å². The van der Waals surface area contributed by atoms with Crippen LogP contribution in [0.3, 0.4) is 0 Å². The lowest BCUT2D eigenvalue weighted by atomic mass is 9.82. The molecule has 3 heterocycles. The van der Waals surface area contributed by atoms with E-state index in [2.05, 4.69) is 15.2 Å². The maximum atomic E-state index is 13.2. The van der Waals surface area contributed by atoms with Crippen LogP contribution in [0.4, 0.5) is 17.6 Å². The van der Waals surface area contributed by atoms with Gasteiger partial charge in [0.05, 0.1) is 16.3 Å². The Morgan fingerprint density at radius 3 is 2.71 bits per heavy atom.